The molecule has 0 saturated carbocycles. The van der Waals surface area contributed by atoms with Crippen LogP contribution >= 0.6 is 27.5 Å². The fourth-order valence-corrected chi connectivity index (χ4v) is 4.42. The van der Waals surface area contributed by atoms with Crippen molar-refractivity contribution in [3.05, 3.63) is 104 Å². The van der Waals surface area contributed by atoms with Gasteiger partial charge in [-0.15, -0.1) is 0 Å². The van der Waals surface area contributed by atoms with Gasteiger partial charge in [0.05, 0.1) is 17.6 Å². The van der Waals surface area contributed by atoms with Crippen molar-refractivity contribution in [2.24, 2.45) is 0 Å². The molecule has 3 rings (SSSR count). The molecule has 0 radical (unpaired) electrons. The zero-order valence-electron chi connectivity index (χ0n) is 16.1. The van der Waals surface area contributed by atoms with Crippen LogP contribution in [0.25, 0.3) is 0 Å². The molecule has 0 fully saturated rings. The minimum atomic E-state index is -4.14. The highest BCUT2D eigenvalue weighted by molar-refractivity contribution is 9.10. The van der Waals surface area contributed by atoms with Crippen molar-refractivity contribution in [2.45, 2.75) is 17.6 Å². The summed E-state index contributed by atoms with van der Waals surface area (Å²) in [5, 5.41) is 11.8. The van der Waals surface area contributed by atoms with Crippen molar-refractivity contribution in [3.8, 4) is 0 Å². The number of nitrogens with zero attached hydrogens (tertiary/aromatic N) is 1. The summed E-state index contributed by atoms with van der Waals surface area (Å²) in [7, 11) is -4.14. The van der Waals surface area contributed by atoms with E-state index >= 15 is 0 Å². The molecular formula is C21H18BrClN2O5S. The van der Waals surface area contributed by atoms with Crippen molar-refractivity contribution >= 4 is 43.2 Å². The summed E-state index contributed by atoms with van der Waals surface area (Å²) in [4.78, 5) is 10.1. The maximum atomic E-state index is 12.8. The molecule has 0 amide bonds. The maximum absolute atomic E-state index is 12.8. The Morgan fingerprint density at radius 2 is 1.68 bits per heavy atom. The van der Waals surface area contributed by atoms with Crippen LogP contribution in [0.2, 0.25) is 5.02 Å². The van der Waals surface area contributed by atoms with Crippen molar-refractivity contribution < 1.29 is 18.1 Å². The lowest BCUT2D eigenvalue weighted by Gasteiger charge is -2.19. The monoisotopic (exact) mass is 524 g/mol. The Kier molecular flexibility index (Phi) is 7.79. The highest BCUT2D eigenvalue weighted by Crippen LogP contribution is 2.25. The van der Waals surface area contributed by atoms with E-state index in [0.29, 0.717) is 10.6 Å². The number of halogens is 2. The first kappa shape index (κ1) is 23.4. The van der Waals surface area contributed by atoms with Gasteiger partial charge in [0.15, 0.2) is 4.90 Å². The van der Waals surface area contributed by atoms with E-state index in [0.717, 1.165) is 16.1 Å². The van der Waals surface area contributed by atoms with Crippen LogP contribution in [0.5, 0.6) is 0 Å². The third-order valence-electron chi connectivity index (χ3n) is 4.42. The van der Waals surface area contributed by atoms with Crippen molar-refractivity contribution in [1.82, 2.24) is 4.72 Å². The minimum Gasteiger partial charge on any atom is -0.367 e. The first-order chi connectivity index (χ1) is 14.8. The Morgan fingerprint density at radius 3 is 2.32 bits per heavy atom. The summed E-state index contributed by atoms with van der Waals surface area (Å²) in [6.45, 7) is 0.125. The van der Waals surface area contributed by atoms with Crippen molar-refractivity contribution in [1.29, 1.82) is 0 Å². The van der Waals surface area contributed by atoms with Crippen LogP contribution < -0.4 is 4.72 Å². The molecule has 0 aliphatic rings. The second-order valence-electron chi connectivity index (χ2n) is 6.55. The van der Waals surface area contributed by atoms with Gasteiger partial charge in [0.2, 0.25) is 10.0 Å². The zero-order valence-corrected chi connectivity index (χ0v) is 19.2. The van der Waals surface area contributed by atoms with Crippen LogP contribution in [0.1, 0.15) is 17.2 Å². The Hall–Kier alpha value is -2.30. The number of hydrogen-bond donors (Lipinski definition) is 1. The lowest BCUT2D eigenvalue weighted by molar-refractivity contribution is -0.387. The minimum absolute atomic E-state index is 0.119. The zero-order chi connectivity index (χ0) is 22.4. The molecule has 31 heavy (non-hydrogen) atoms. The molecule has 7 nitrogen and oxygen atoms in total. The molecule has 1 unspecified atom stereocenters. The van der Waals surface area contributed by atoms with Gasteiger partial charge in [-0.05, 0) is 41.5 Å². The average molecular weight is 526 g/mol. The highest BCUT2D eigenvalue weighted by Gasteiger charge is 2.26. The van der Waals surface area contributed by atoms with E-state index in [1.54, 1.807) is 24.3 Å². The Bertz CT molecular complexity index is 1160. The molecular weight excluding hydrogens is 508 g/mol. The number of rotatable bonds is 9. The first-order valence-electron chi connectivity index (χ1n) is 9.11. The largest absolute Gasteiger partial charge is 0.367 e. The third kappa shape index (κ3) is 6.34. The summed E-state index contributed by atoms with van der Waals surface area (Å²) in [6.07, 6.45) is -0.640. The van der Waals surface area contributed by atoms with Crippen LogP contribution in [0, 0.1) is 10.1 Å². The molecule has 0 aliphatic heterocycles. The summed E-state index contributed by atoms with van der Waals surface area (Å²) >= 11 is 9.34. The molecule has 0 saturated heterocycles. The molecule has 10 heteroatoms. The lowest BCUT2D eigenvalue weighted by Crippen LogP contribution is -2.30. The number of para-hydroxylation sites is 1. The lowest BCUT2D eigenvalue weighted by atomic mass is 10.1. The third-order valence-corrected chi connectivity index (χ3v) is 6.67. The van der Waals surface area contributed by atoms with Gasteiger partial charge in [-0.25, -0.2) is 13.1 Å². The summed E-state index contributed by atoms with van der Waals surface area (Å²) in [5.41, 5.74) is 1.13. The summed E-state index contributed by atoms with van der Waals surface area (Å²) < 4.78 is 34.9. The van der Waals surface area contributed by atoms with Crippen LogP contribution in [0.4, 0.5) is 5.69 Å². The van der Waals surface area contributed by atoms with E-state index < -0.39 is 31.6 Å². The van der Waals surface area contributed by atoms with E-state index in [1.165, 1.54) is 18.2 Å². The number of ether oxygens (including phenoxy) is 1. The van der Waals surface area contributed by atoms with Crippen LogP contribution in [-0.2, 0) is 21.4 Å². The predicted octanol–water partition coefficient (Wildman–Crippen LogP) is 5.25. The topological polar surface area (TPSA) is 98.5 Å². The molecule has 3 aromatic rings. The molecule has 0 heterocycles. The smallest absolute Gasteiger partial charge is 0.289 e. The molecule has 0 aromatic heterocycles. The van der Waals surface area contributed by atoms with Gasteiger partial charge in [0.25, 0.3) is 5.69 Å². The van der Waals surface area contributed by atoms with Gasteiger partial charge in [-0.1, -0.05) is 63.9 Å². The quantitative estimate of drug-likeness (QED) is 0.304. The second-order valence-corrected chi connectivity index (χ2v) is 9.64. The number of hydrogen-bond acceptors (Lipinski definition) is 5. The Morgan fingerprint density at radius 1 is 1.03 bits per heavy atom. The van der Waals surface area contributed by atoms with Crippen LogP contribution in [0.3, 0.4) is 0 Å². The average Bonchev–Trinajstić information content (AvgIpc) is 2.76. The molecule has 0 bridgehead atoms. The predicted molar refractivity (Wildman–Crippen MR) is 121 cm³/mol. The molecule has 3 aromatic carbocycles. The van der Waals surface area contributed by atoms with Crippen molar-refractivity contribution in [2.75, 3.05) is 6.54 Å². The number of nitro benzene ring substituents is 1. The fourth-order valence-electron chi connectivity index (χ4n) is 2.83. The standard InChI is InChI=1S/C21H18BrClN2O5S/c22-17-9-5-15(6-10-17)14-30-20(16-7-11-18(23)12-8-16)13-24-31(28,29)21-4-2-1-3-19(21)25(26)27/h1-12,20,24H,13-14H2. The molecule has 162 valence electrons. The van der Waals surface area contributed by atoms with Gasteiger partial charge in [-0.3, -0.25) is 10.1 Å². The van der Waals surface area contributed by atoms with E-state index in [1.807, 2.05) is 24.3 Å². The molecule has 0 spiro atoms. The normalized spacial score (nSPS) is 12.5. The number of nitro groups is 1. The van der Waals surface area contributed by atoms with Gasteiger partial charge >= 0.3 is 0 Å². The Labute approximate surface area is 193 Å². The van der Waals surface area contributed by atoms with E-state index in [-0.39, 0.29) is 13.2 Å². The van der Waals surface area contributed by atoms with E-state index in [2.05, 4.69) is 20.7 Å². The van der Waals surface area contributed by atoms with Gasteiger partial charge in [-0.2, -0.15) is 0 Å². The Balaban J connectivity index is 1.80. The highest BCUT2D eigenvalue weighted by atomic mass is 79.9. The van der Waals surface area contributed by atoms with Crippen LogP contribution in [0.15, 0.2) is 82.2 Å². The van der Waals surface area contributed by atoms with E-state index in [4.69, 9.17) is 16.3 Å². The number of benzene rings is 3. The number of sulfonamides is 1. The van der Waals surface area contributed by atoms with E-state index in [9.17, 15) is 18.5 Å². The van der Waals surface area contributed by atoms with Crippen LogP contribution in [-0.4, -0.2) is 19.9 Å². The number of nitrogens with one attached hydrogen (secondary N) is 1. The fraction of sp³-hybridized carbons (Fsp3) is 0.143. The molecule has 0 aliphatic carbocycles. The first-order valence-corrected chi connectivity index (χ1v) is 11.8. The molecule has 1 atom stereocenters. The molecule has 1 N–H and O–H groups in total. The SMILES string of the molecule is O=[N+]([O-])c1ccccc1S(=O)(=O)NCC(OCc1ccc(Br)cc1)c1ccc(Cl)cc1. The summed E-state index contributed by atoms with van der Waals surface area (Å²) in [5.74, 6) is 0. The van der Waals surface area contributed by atoms with Gasteiger partial charge < -0.3 is 4.74 Å². The van der Waals surface area contributed by atoms with Gasteiger partial charge in [0.1, 0.15) is 0 Å². The van der Waals surface area contributed by atoms with Gasteiger partial charge in [0, 0.05) is 22.1 Å². The second kappa shape index (κ2) is 10.3. The summed E-state index contributed by atoms with van der Waals surface area (Å²) in [6, 6.07) is 19.6. The van der Waals surface area contributed by atoms with Crippen molar-refractivity contribution in [3.63, 3.8) is 0 Å². The maximum Gasteiger partial charge on any atom is 0.289 e.